The van der Waals surface area contributed by atoms with Gasteiger partial charge in [-0.2, -0.15) is 0 Å². The number of rotatable bonds is 7. The van der Waals surface area contributed by atoms with Gasteiger partial charge in [-0.05, 0) is 24.1 Å². The average molecular weight is 331 g/mol. The molecular weight excluding hydrogens is 314 g/mol. The fraction of sp³-hybridized carbons (Fsp3) is 0.312. The van der Waals surface area contributed by atoms with Gasteiger partial charge in [-0.15, -0.1) is 0 Å². The summed E-state index contributed by atoms with van der Waals surface area (Å²) in [5.41, 5.74) is 9.58. The SMILES string of the molecule is Cc1oc([C@H](N=[N+]=[N-])[C@H](O)CO)cc1C(=O)OCc1ccccc1. The Labute approximate surface area is 137 Å². The Hall–Kier alpha value is -2.80. The number of benzene rings is 1. The third-order valence-corrected chi connectivity index (χ3v) is 3.39. The molecule has 2 N–H and O–H groups in total. The van der Waals surface area contributed by atoms with Crippen LogP contribution < -0.4 is 0 Å². The summed E-state index contributed by atoms with van der Waals surface area (Å²) in [5.74, 6) is -0.241. The second kappa shape index (κ2) is 8.16. The topological polar surface area (TPSA) is 129 Å². The zero-order valence-corrected chi connectivity index (χ0v) is 13.0. The minimum atomic E-state index is -1.33. The molecule has 8 heteroatoms. The lowest BCUT2D eigenvalue weighted by molar-refractivity contribution is 0.0470. The van der Waals surface area contributed by atoms with E-state index in [4.69, 9.17) is 19.8 Å². The first-order valence-corrected chi connectivity index (χ1v) is 7.21. The van der Waals surface area contributed by atoms with Crippen LogP contribution in [-0.2, 0) is 11.3 Å². The first-order chi connectivity index (χ1) is 11.6. The van der Waals surface area contributed by atoms with Crippen molar-refractivity contribution < 1.29 is 24.2 Å². The third kappa shape index (κ3) is 4.14. The highest BCUT2D eigenvalue weighted by Crippen LogP contribution is 2.27. The number of azide groups is 1. The molecule has 8 nitrogen and oxygen atoms in total. The van der Waals surface area contributed by atoms with Gasteiger partial charge in [0, 0.05) is 4.91 Å². The van der Waals surface area contributed by atoms with Crippen molar-refractivity contribution in [3.05, 3.63) is 69.5 Å². The first kappa shape index (κ1) is 17.6. The van der Waals surface area contributed by atoms with E-state index in [0.29, 0.717) is 0 Å². The maximum Gasteiger partial charge on any atom is 0.342 e. The number of aliphatic hydroxyl groups excluding tert-OH is 2. The second-order valence-electron chi connectivity index (χ2n) is 5.08. The Kier molecular flexibility index (Phi) is 5.97. The van der Waals surface area contributed by atoms with Gasteiger partial charge in [-0.3, -0.25) is 0 Å². The molecule has 0 aliphatic heterocycles. The molecule has 0 bridgehead atoms. The predicted molar refractivity (Wildman–Crippen MR) is 84.0 cm³/mol. The summed E-state index contributed by atoms with van der Waals surface area (Å²) >= 11 is 0. The van der Waals surface area contributed by atoms with Crippen LogP contribution in [0.4, 0.5) is 0 Å². The van der Waals surface area contributed by atoms with E-state index in [1.807, 2.05) is 30.3 Å². The average Bonchev–Trinajstić information content (AvgIpc) is 2.99. The molecule has 2 aromatic rings. The number of aryl methyl sites for hydroxylation is 1. The van der Waals surface area contributed by atoms with E-state index in [1.54, 1.807) is 6.92 Å². The van der Waals surface area contributed by atoms with E-state index in [0.717, 1.165) is 5.56 Å². The molecule has 0 saturated heterocycles. The lowest BCUT2D eigenvalue weighted by Gasteiger charge is -2.13. The zero-order valence-electron chi connectivity index (χ0n) is 13.0. The Morgan fingerprint density at radius 2 is 2.12 bits per heavy atom. The van der Waals surface area contributed by atoms with Crippen LogP contribution in [0.1, 0.15) is 33.5 Å². The number of furan rings is 1. The number of esters is 1. The Bertz CT molecular complexity index is 737. The molecule has 0 saturated carbocycles. The molecule has 1 heterocycles. The van der Waals surface area contributed by atoms with Gasteiger partial charge in [0.25, 0.3) is 0 Å². The van der Waals surface area contributed by atoms with Crippen molar-refractivity contribution in [1.82, 2.24) is 0 Å². The quantitative estimate of drug-likeness (QED) is 0.349. The van der Waals surface area contributed by atoms with Gasteiger partial charge in [-0.25, -0.2) is 4.79 Å². The molecule has 0 aliphatic rings. The summed E-state index contributed by atoms with van der Waals surface area (Å²) in [6.07, 6.45) is -1.33. The highest BCUT2D eigenvalue weighted by molar-refractivity contribution is 5.90. The van der Waals surface area contributed by atoms with E-state index in [-0.39, 0.29) is 23.7 Å². The number of carbonyl (C=O) groups is 1. The van der Waals surface area contributed by atoms with Gasteiger partial charge in [-0.1, -0.05) is 35.4 Å². The van der Waals surface area contributed by atoms with E-state index in [2.05, 4.69) is 10.0 Å². The summed E-state index contributed by atoms with van der Waals surface area (Å²) in [6.45, 7) is 1.05. The molecule has 126 valence electrons. The summed E-state index contributed by atoms with van der Waals surface area (Å²) in [7, 11) is 0. The number of ether oxygens (including phenoxy) is 1. The molecule has 2 atom stereocenters. The maximum atomic E-state index is 12.2. The van der Waals surface area contributed by atoms with Gasteiger partial charge in [0.2, 0.25) is 0 Å². The molecule has 2 rings (SSSR count). The normalized spacial score (nSPS) is 13.0. The van der Waals surface area contributed by atoms with Crippen LogP contribution in [0.3, 0.4) is 0 Å². The van der Waals surface area contributed by atoms with E-state index in [1.165, 1.54) is 6.07 Å². The standard InChI is InChI=1S/C16H17N3O5/c1-10-12(16(22)23-9-11-5-3-2-4-6-11)7-14(24-10)15(18-19-17)13(21)8-20/h2-7,13,15,20-21H,8-9H2,1H3/t13-,15-/m1/s1. The Morgan fingerprint density at radius 1 is 1.42 bits per heavy atom. The van der Waals surface area contributed by atoms with Crippen LogP contribution >= 0.6 is 0 Å². The molecule has 24 heavy (non-hydrogen) atoms. The number of aliphatic hydroxyl groups is 2. The fourth-order valence-electron chi connectivity index (χ4n) is 2.13. The van der Waals surface area contributed by atoms with Crippen LogP contribution in [0, 0.1) is 6.92 Å². The number of nitrogens with zero attached hydrogens (tertiary/aromatic N) is 3. The lowest BCUT2D eigenvalue weighted by Crippen LogP contribution is -2.20. The maximum absolute atomic E-state index is 12.2. The van der Waals surface area contributed by atoms with Crippen molar-refractivity contribution in [2.24, 2.45) is 5.11 Å². The number of hydrogen-bond donors (Lipinski definition) is 2. The summed E-state index contributed by atoms with van der Waals surface area (Å²) in [4.78, 5) is 14.8. The third-order valence-electron chi connectivity index (χ3n) is 3.39. The molecule has 0 radical (unpaired) electrons. The molecule has 1 aromatic heterocycles. The second-order valence-corrected chi connectivity index (χ2v) is 5.08. The van der Waals surface area contributed by atoms with Crippen molar-refractivity contribution in [3.8, 4) is 0 Å². The van der Waals surface area contributed by atoms with Crippen molar-refractivity contribution in [2.75, 3.05) is 6.61 Å². The highest BCUT2D eigenvalue weighted by atomic mass is 16.5. The highest BCUT2D eigenvalue weighted by Gasteiger charge is 2.26. The smallest absolute Gasteiger partial charge is 0.342 e. The summed E-state index contributed by atoms with van der Waals surface area (Å²) in [6, 6.07) is 9.42. The van der Waals surface area contributed by atoms with Crippen LogP contribution in [0.15, 0.2) is 45.9 Å². The van der Waals surface area contributed by atoms with Crippen LogP contribution in [0.2, 0.25) is 0 Å². The Morgan fingerprint density at radius 3 is 2.75 bits per heavy atom. The molecule has 0 spiro atoms. The molecule has 0 fully saturated rings. The van der Waals surface area contributed by atoms with Crippen molar-refractivity contribution >= 4 is 5.97 Å². The largest absolute Gasteiger partial charge is 0.465 e. The lowest BCUT2D eigenvalue weighted by atomic mass is 10.1. The van der Waals surface area contributed by atoms with Crippen molar-refractivity contribution in [2.45, 2.75) is 25.7 Å². The van der Waals surface area contributed by atoms with Gasteiger partial charge >= 0.3 is 5.97 Å². The predicted octanol–water partition coefficient (Wildman–Crippen LogP) is 2.65. The van der Waals surface area contributed by atoms with E-state index >= 15 is 0 Å². The summed E-state index contributed by atoms with van der Waals surface area (Å²) in [5, 5.41) is 22.1. The minimum absolute atomic E-state index is 0.0820. The van der Waals surface area contributed by atoms with Gasteiger partial charge < -0.3 is 19.4 Å². The van der Waals surface area contributed by atoms with Gasteiger partial charge in [0.15, 0.2) is 0 Å². The summed E-state index contributed by atoms with van der Waals surface area (Å²) < 4.78 is 10.6. The first-order valence-electron chi connectivity index (χ1n) is 7.21. The monoisotopic (exact) mass is 331 g/mol. The van der Waals surface area contributed by atoms with E-state index < -0.39 is 24.7 Å². The fourth-order valence-corrected chi connectivity index (χ4v) is 2.13. The molecule has 0 aliphatic carbocycles. The van der Waals surface area contributed by atoms with Crippen LogP contribution in [0.5, 0.6) is 0 Å². The Balaban J connectivity index is 2.15. The number of hydrogen-bond acceptors (Lipinski definition) is 6. The molecule has 0 amide bonds. The van der Waals surface area contributed by atoms with Crippen LogP contribution in [0.25, 0.3) is 10.4 Å². The van der Waals surface area contributed by atoms with E-state index in [9.17, 15) is 9.90 Å². The molecule has 0 unspecified atom stereocenters. The molecule has 1 aromatic carbocycles. The van der Waals surface area contributed by atoms with Crippen molar-refractivity contribution in [1.29, 1.82) is 0 Å². The number of carbonyl (C=O) groups excluding carboxylic acids is 1. The van der Waals surface area contributed by atoms with Gasteiger partial charge in [0.1, 0.15) is 29.7 Å². The zero-order chi connectivity index (χ0) is 17.5. The minimum Gasteiger partial charge on any atom is -0.465 e. The van der Waals surface area contributed by atoms with Gasteiger partial charge in [0.05, 0.1) is 12.7 Å². The van der Waals surface area contributed by atoms with Crippen molar-refractivity contribution in [3.63, 3.8) is 0 Å². The van der Waals surface area contributed by atoms with Crippen LogP contribution in [-0.4, -0.2) is 28.9 Å². The molecular formula is C16H17N3O5.